The molecule has 0 amide bonds. The van der Waals surface area contributed by atoms with Crippen LogP contribution in [0.1, 0.15) is 11.7 Å². The molecule has 5 N–H and O–H groups in total. The number of nitrogens with one attached hydrogen (secondary N) is 1. The molecule has 0 aliphatic carbocycles. The van der Waals surface area contributed by atoms with Gasteiger partial charge in [0, 0.05) is 25.6 Å². The van der Waals surface area contributed by atoms with Gasteiger partial charge in [-0.15, -0.1) is 0 Å². The lowest BCUT2D eigenvalue weighted by Crippen LogP contribution is -2.06. The average molecular weight is 233 g/mol. The summed E-state index contributed by atoms with van der Waals surface area (Å²) in [6, 6.07) is 5.46. The van der Waals surface area contributed by atoms with Crippen LogP contribution >= 0.6 is 0 Å². The highest BCUT2D eigenvalue weighted by Gasteiger charge is 2.02. The van der Waals surface area contributed by atoms with Crippen molar-refractivity contribution in [3.63, 3.8) is 0 Å². The van der Waals surface area contributed by atoms with Gasteiger partial charge in [0.05, 0.1) is 11.4 Å². The molecular formula is C11H15N5O. The van der Waals surface area contributed by atoms with Crippen molar-refractivity contribution in [1.29, 1.82) is 0 Å². The molecule has 6 nitrogen and oxygen atoms in total. The Morgan fingerprint density at radius 3 is 2.76 bits per heavy atom. The lowest BCUT2D eigenvalue weighted by Gasteiger charge is -2.06. The van der Waals surface area contributed by atoms with Crippen LogP contribution in [-0.4, -0.2) is 16.7 Å². The lowest BCUT2D eigenvalue weighted by atomic mass is 10.2. The van der Waals surface area contributed by atoms with E-state index >= 15 is 0 Å². The molecular weight excluding hydrogens is 218 g/mol. The van der Waals surface area contributed by atoms with Gasteiger partial charge in [-0.05, 0) is 18.2 Å². The standard InChI is InChI=1S/C11H15N5O/c1-7-15-11(16-17-7)4-5-14-8-2-3-9(12)10(13)6-8/h2-3,6,14H,4-5,12-13H2,1H3. The number of hydrogen-bond acceptors (Lipinski definition) is 6. The maximum Gasteiger partial charge on any atom is 0.223 e. The van der Waals surface area contributed by atoms with Gasteiger partial charge >= 0.3 is 0 Å². The highest BCUT2D eigenvalue weighted by Crippen LogP contribution is 2.19. The minimum Gasteiger partial charge on any atom is -0.397 e. The smallest absolute Gasteiger partial charge is 0.223 e. The molecule has 1 aromatic carbocycles. The van der Waals surface area contributed by atoms with Gasteiger partial charge in [-0.2, -0.15) is 4.98 Å². The van der Waals surface area contributed by atoms with Crippen molar-refractivity contribution in [2.45, 2.75) is 13.3 Å². The molecule has 2 rings (SSSR count). The first kappa shape index (κ1) is 11.3. The maximum absolute atomic E-state index is 5.70. The molecule has 2 aromatic rings. The number of anilines is 3. The van der Waals surface area contributed by atoms with E-state index in [4.69, 9.17) is 16.0 Å². The highest BCUT2D eigenvalue weighted by molar-refractivity contribution is 5.69. The van der Waals surface area contributed by atoms with E-state index in [1.54, 1.807) is 19.1 Å². The van der Waals surface area contributed by atoms with E-state index in [0.29, 0.717) is 36.1 Å². The van der Waals surface area contributed by atoms with Crippen LogP contribution in [0.4, 0.5) is 17.1 Å². The number of aryl methyl sites for hydroxylation is 1. The fraction of sp³-hybridized carbons (Fsp3) is 0.273. The second kappa shape index (κ2) is 4.73. The topological polar surface area (TPSA) is 103 Å². The zero-order chi connectivity index (χ0) is 12.3. The molecule has 0 bridgehead atoms. The summed E-state index contributed by atoms with van der Waals surface area (Å²) in [5, 5.41) is 7.02. The summed E-state index contributed by atoms with van der Waals surface area (Å²) < 4.78 is 4.88. The quantitative estimate of drug-likeness (QED) is 0.685. The van der Waals surface area contributed by atoms with Crippen LogP contribution < -0.4 is 16.8 Å². The third-order valence-electron chi connectivity index (χ3n) is 2.33. The third kappa shape index (κ3) is 2.87. The Morgan fingerprint density at radius 2 is 2.12 bits per heavy atom. The van der Waals surface area contributed by atoms with Crippen molar-refractivity contribution >= 4 is 17.1 Å². The van der Waals surface area contributed by atoms with Crippen LogP contribution in [0, 0.1) is 6.92 Å². The maximum atomic E-state index is 5.70. The molecule has 1 aromatic heterocycles. The second-order valence-electron chi connectivity index (χ2n) is 3.75. The minimum absolute atomic E-state index is 0.574. The molecule has 0 unspecified atom stereocenters. The first-order valence-electron chi connectivity index (χ1n) is 5.33. The molecule has 0 aliphatic heterocycles. The van der Waals surface area contributed by atoms with Gasteiger partial charge in [0.25, 0.3) is 0 Å². The molecule has 0 atom stereocenters. The normalized spacial score (nSPS) is 10.4. The predicted molar refractivity (Wildman–Crippen MR) is 66.5 cm³/mol. The molecule has 0 saturated carbocycles. The van der Waals surface area contributed by atoms with Gasteiger partial charge in [-0.25, -0.2) is 0 Å². The van der Waals surface area contributed by atoms with Crippen molar-refractivity contribution in [3.05, 3.63) is 29.9 Å². The number of rotatable bonds is 4. The first-order chi connectivity index (χ1) is 8.15. The number of nitrogen functional groups attached to an aromatic ring is 2. The lowest BCUT2D eigenvalue weighted by molar-refractivity contribution is 0.387. The molecule has 0 radical (unpaired) electrons. The minimum atomic E-state index is 0.574. The van der Waals surface area contributed by atoms with Crippen molar-refractivity contribution < 1.29 is 4.52 Å². The van der Waals surface area contributed by atoms with E-state index in [9.17, 15) is 0 Å². The van der Waals surface area contributed by atoms with E-state index in [1.807, 2.05) is 6.07 Å². The Balaban J connectivity index is 1.87. The van der Waals surface area contributed by atoms with Crippen LogP contribution in [-0.2, 0) is 6.42 Å². The molecule has 0 spiro atoms. The molecule has 90 valence electrons. The van der Waals surface area contributed by atoms with Gasteiger partial charge < -0.3 is 21.3 Å². The molecule has 1 heterocycles. The van der Waals surface area contributed by atoms with Gasteiger partial charge in [0.2, 0.25) is 5.89 Å². The summed E-state index contributed by atoms with van der Waals surface area (Å²) in [6.07, 6.45) is 0.696. The van der Waals surface area contributed by atoms with E-state index in [1.165, 1.54) is 0 Å². The zero-order valence-electron chi connectivity index (χ0n) is 9.60. The Bertz CT molecular complexity index is 508. The van der Waals surface area contributed by atoms with E-state index in [2.05, 4.69) is 15.5 Å². The number of nitrogens with zero attached hydrogens (tertiary/aromatic N) is 2. The molecule has 6 heteroatoms. The SMILES string of the molecule is Cc1nc(CCNc2ccc(N)c(N)c2)no1. The molecule has 17 heavy (non-hydrogen) atoms. The summed E-state index contributed by atoms with van der Waals surface area (Å²) in [5.41, 5.74) is 13.4. The summed E-state index contributed by atoms with van der Waals surface area (Å²) >= 11 is 0. The van der Waals surface area contributed by atoms with Crippen LogP contribution in [0.25, 0.3) is 0 Å². The average Bonchev–Trinajstić information content (AvgIpc) is 2.70. The van der Waals surface area contributed by atoms with Crippen LogP contribution in [0.2, 0.25) is 0 Å². The number of nitrogens with two attached hydrogens (primary N) is 2. The van der Waals surface area contributed by atoms with Crippen LogP contribution in [0.3, 0.4) is 0 Å². The van der Waals surface area contributed by atoms with E-state index in [-0.39, 0.29) is 0 Å². The number of aromatic nitrogens is 2. The highest BCUT2D eigenvalue weighted by atomic mass is 16.5. The fourth-order valence-electron chi connectivity index (χ4n) is 1.45. The van der Waals surface area contributed by atoms with Crippen LogP contribution in [0.5, 0.6) is 0 Å². The number of benzene rings is 1. The molecule has 0 aliphatic rings. The monoisotopic (exact) mass is 233 g/mol. The Hall–Kier alpha value is -2.24. The summed E-state index contributed by atoms with van der Waals surface area (Å²) in [5.74, 6) is 1.27. The predicted octanol–water partition coefficient (Wildman–Crippen LogP) is 1.20. The molecule has 0 saturated heterocycles. The van der Waals surface area contributed by atoms with Crippen molar-refractivity contribution in [2.24, 2.45) is 0 Å². The fourth-order valence-corrected chi connectivity index (χ4v) is 1.45. The summed E-state index contributed by atoms with van der Waals surface area (Å²) in [7, 11) is 0. The van der Waals surface area contributed by atoms with Crippen LogP contribution in [0.15, 0.2) is 22.7 Å². The Kier molecular flexibility index (Phi) is 3.13. The summed E-state index contributed by atoms with van der Waals surface area (Å²) in [6.45, 7) is 2.48. The first-order valence-corrected chi connectivity index (χ1v) is 5.33. The Labute approximate surface area is 99.0 Å². The Morgan fingerprint density at radius 1 is 1.29 bits per heavy atom. The van der Waals surface area contributed by atoms with E-state index < -0.39 is 0 Å². The van der Waals surface area contributed by atoms with Crippen molar-refractivity contribution in [3.8, 4) is 0 Å². The van der Waals surface area contributed by atoms with Crippen molar-refractivity contribution in [1.82, 2.24) is 10.1 Å². The zero-order valence-corrected chi connectivity index (χ0v) is 9.60. The third-order valence-corrected chi connectivity index (χ3v) is 2.33. The van der Waals surface area contributed by atoms with E-state index in [0.717, 1.165) is 5.69 Å². The van der Waals surface area contributed by atoms with Gasteiger partial charge in [-0.3, -0.25) is 0 Å². The van der Waals surface area contributed by atoms with Crippen molar-refractivity contribution in [2.75, 3.05) is 23.3 Å². The van der Waals surface area contributed by atoms with Gasteiger partial charge in [-0.1, -0.05) is 5.16 Å². The summed E-state index contributed by atoms with van der Waals surface area (Å²) in [4.78, 5) is 4.11. The largest absolute Gasteiger partial charge is 0.397 e. The molecule has 0 fully saturated rings. The number of hydrogen-bond donors (Lipinski definition) is 3. The van der Waals surface area contributed by atoms with Gasteiger partial charge in [0.15, 0.2) is 5.82 Å². The second-order valence-corrected chi connectivity index (χ2v) is 3.75. The van der Waals surface area contributed by atoms with Gasteiger partial charge in [0.1, 0.15) is 0 Å².